The highest BCUT2D eigenvalue weighted by Gasteiger charge is 2.49. The third kappa shape index (κ3) is 4.27. The molecule has 2 aliphatic rings. The standard InChI is InChI=1S/C20H25NO7/c1-11-5-6-16-15(9-11)7-8-21(16)20-19(28-14(4)24)18(27-13(3)23)17(10-25-20)26-12(2)22/h5-6,9,17-20H,7-8,10H2,1-4H3/t17-,18+,19-,20-/m1/s1. The number of ether oxygens (including phenoxy) is 4. The summed E-state index contributed by atoms with van der Waals surface area (Å²) in [5, 5.41) is 0. The lowest BCUT2D eigenvalue weighted by Gasteiger charge is -2.44. The third-order valence-electron chi connectivity index (χ3n) is 4.80. The first-order chi connectivity index (χ1) is 13.3. The Morgan fingerprint density at radius 3 is 2.29 bits per heavy atom. The first kappa shape index (κ1) is 20.1. The van der Waals surface area contributed by atoms with Gasteiger partial charge in [-0.25, -0.2) is 0 Å². The van der Waals surface area contributed by atoms with Crippen molar-refractivity contribution in [2.75, 3.05) is 18.1 Å². The fourth-order valence-corrected chi connectivity index (χ4v) is 3.81. The highest BCUT2D eigenvalue weighted by atomic mass is 16.6. The minimum Gasteiger partial charge on any atom is -0.456 e. The minimum atomic E-state index is -0.960. The summed E-state index contributed by atoms with van der Waals surface area (Å²) >= 11 is 0. The second kappa shape index (κ2) is 8.18. The van der Waals surface area contributed by atoms with Crippen LogP contribution in [0.1, 0.15) is 31.9 Å². The second-order valence-corrected chi connectivity index (χ2v) is 7.10. The Morgan fingerprint density at radius 2 is 1.64 bits per heavy atom. The minimum absolute atomic E-state index is 0.0254. The molecular weight excluding hydrogens is 366 g/mol. The first-order valence-corrected chi connectivity index (χ1v) is 9.25. The van der Waals surface area contributed by atoms with Crippen LogP contribution in [0, 0.1) is 6.92 Å². The van der Waals surface area contributed by atoms with E-state index < -0.39 is 42.4 Å². The average Bonchev–Trinajstić information content (AvgIpc) is 2.99. The molecule has 0 radical (unpaired) electrons. The quantitative estimate of drug-likeness (QED) is 0.563. The van der Waals surface area contributed by atoms with Gasteiger partial charge in [0.2, 0.25) is 0 Å². The molecule has 4 atom stereocenters. The summed E-state index contributed by atoms with van der Waals surface area (Å²) in [4.78, 5) is 36.9. The summed E-state index contributed by atoms with van der Waals surface area (Å²) in [5.41, 5.74) is 3.32. The molecule has 1 saturated heterocycles. The van der Waals surface area contributed by atoms with Crippen LogP contribution in [0.5, 0.6) is 0 Å². The van der Waals surface area contributed by atoms with Gasteiger partial charge in [0.1, 0.15) is 0 Å². The van der Waals surface area contributed by atoms with Gasteiger partial charge < -0.3 is 23.8 Å². The molecule has 2 heterocycles. The maximum Gasteiger partial charge on any atom is 0.303 e. The van der Waals surface area contributed by atoms with Crippen molar-refractivity contribution in [2.24, 2.45) is 0 Å². The predicted molar refractivity (Wildman–Crippen MR) is 98.6 cm³/mol. The highest BCUT2D eigenvalue weighted by molar-refractivity contribution is 5.69. The van der Waals surface area contributed by atoms with Crippen LogP contribution in [-0.4, -0.2) is 55.6 Å². The summed E-state index contributed by atoms with van der Waals surface area (Å²) in [6.07, 6.45) is -2.59. The number of fused-ring (bicyclic) bond motifs is 1. The molecule has 0 N–H and O–H groups in total. The van der Waals surface area contributed by atoms with E-state index in [1.165, 1.54) is 26.3 Å². The SMILES string of the molecule is CC(=O)O[C@@H]1[C@@H](OC(C)=O)[C@H](OC(C)=O)CO[C@H]1N1CCc2cc(C)ccc21. The van der Waals surface area contributed by atoms with Crippen molar-refractivity contribution in [3.05, 3.63) is 29.3 Å². The van der Waals surface area contributed by atoms with Crippen molar-refractivity contribution in [3.63, 3.8) is 0 Å². The van der Waals surface area contributed by atoms with Crippen molar-refractivity contribution in [3.8, 4) is 0 Å². The summed E-state index contributed by atoms with van der Waals surface area (Å²) in [6.45, 7) is 6.52. The van der Waals surface area contributed by atoms with Gasteiger partial charge in [-0.1, -0.05) is 17.7 Å². The van der Waals surface area contributed by atoms with Gasteiger partial charge in [-0.05, 0) is 25.0 Å². The zero-order chi connectivity index (χ0) is 20.4. The van der Waals surface area contributed by atoms with Gasteiger partial charge in [-0.2, -0.15) is 0 Å². The molecule has 0 aromatic heterocycles. The molecule has 1 aromatic rings. The first-order valence-electron chi connectivity index (χ1n) is 9.25. The zero-order valence-electron chi connectivity index (χ0n) is 16.5. The van der Waals surface area contributed by atoms with Gasteiger partial charge in [0.25, 0.3) is 0 Å². The fourth-order valence-electron chi connectivity index (χ4n) is 3.81. The zero-order valence-corrected chi connectivity index (χ0v) is 16.5. The number of hydrogen-bond donors (Lipinski definition) is 0. The number of esters is 3. The number of nitrogens with zero attached hydrogens (tertiary/aromatic N) is 1. The summed E-state index contributed by atoms with van der Waals surface area (Å²) in [5.74, 6) is -1.63. The number of carbonyl (C=O) groups is 3. The third-order valence-corrected chi connectivity index (χ3v) is 4.80. The van der Waals surface area contributed by atoms with Gasteiger partial charge in [-0.3, -0.25) is 14.4 Å². The Balaban J connectivity index is 1.93. The molecule has 1 aromatic carbocycles. The molecule has 3 rings (SSSR count). The van der Waals surface area contributed by atoms with Gasteiger partial charge in [0.15, 0.2) is 24.5 Å². The van der Waals surface area contributed by atoms with Crippen LogP contribution in [-0.2, 0) is 39.8 Å². The molecule has 0 bridgehead atoms. The predicted octanol–water partition coefficient (Wildman–Crippen LogP) is 1.51. The summed E-state index contributed by atoms with van der Waals surface area (Å²) in [6, 6.07) is 6.13. The van der Waals surface area contributed by atoms with E-state index in [2.05, 4.69) is 6.07 Å². The van der Waals surface area contributed by atoms with Gasteiger partial charge >= 0.3 is 17.9 Å². The molecule has 152 valence electrons. The van der Waals surface area contributed by atoms with E-state index in [1.807, 2.05) is 24.0 Å². The molecule has 28 heavy (non-hydrogen) atoms. The van der Waals surface area contributed by atoms with E-state index in [0.717, 1.165) is 17.7 Å². The van der Waals surface area contributed by atoms with E-state index in [0.29, 0.717) is 6.54 Å². The number of rotatable bonds is 4. The van der Waals surface area contributed by atoms with Gasteiger partial charge in [0, 0.05) is 33.0 Å². The van der Waals surface area contributed by atoms with Crippen molar-refractivity contribution >= 4 is 23.6 Å². The van der Waals surface area contributed by atoms with E-state index in [4.69, 9.17) is 18.9 Å². The highest BCUT2D eigenvalue weighted by Crippen LogP contribution is 2.35. The van der Waals surface area contributed by atoms with E-state index in [9.17, 15) is 14.4 Å². The molecule has 1 fully saturated rings. The summed E-state index contributed by atoms with van der Waals surface area (Å²) in [7, 11) is 0. The van der Waals surface area contributed by atoms with Crippen LogP contribution in [0.2, 0.25) is 0 Å². The molecule has 8 heteroatoms. The lowest BCUT2D eigenvalue weighted by atomic mass is 10.0. The monoisotopic (exact) mass is 391 g/mol. The molecule has 8 nitrogen and oxygen atoms in total. The Labute approximate surface area is 163 Å². The Bertz CT molecular complexity index is 778. The molecule has 0 unspecified atom stereocenters. The topological polar surface area (TPSA) is 91.4 Å². The Kier molecular flexibility index (Phi) is 5.88. The lowest BCUT2D eigenvalue weighted by Crippen LogP contribution is -2.62. The maximum absolute atomic E-state index is 11.8. The normalized spacial score (nSPS) is 26.4. The maximum atomic E-state index is 11.8. The fraction of sp³-hybridized carbons (Fsp3) is 0.550. The number of anilines is 1. The van der Waals surface area contributed by atoms with Crippen molar-refractivity contribution < 1.29 is 33.3 Å². The molecule has 0 amide bonds. The smallest absolute Gasteiger partial charge is 0.303 e. The number of carbonyl (C=O) groups excluding carboxylic acids is 3. The molecule has 0 saturated carbocycles. The van der Waals surface area contributed by atoms with Crippen LogP contribution < -0.4 is 4.90 Å². The van der Waals surface area contributed by atoms with E-state index in [-0.39, 0.29) is 6.61 Å². The average molecular weight is 391 g/mol. The van der Waals surface area contributed by atoms with Crippen molar-refractivity contribution in [1.82, 2.24) is 0 Å². The Hall–Kier alpha value is -2.61. The van der Waals surface area contributed by atoms with Crippen LogP contribution in [0.25, 0.3) is 0 Å². The van der Waals surface area contributed by atoms with Crippen LogP contribution in [0.15, 0.2) is 18.2 Å². The molecule has 2 aliphatic heterocycles. The second-order valence-electron chi connectivity index (χ2n) is 7.10. The number of benzene rings is 1. The van der Waals surface area contributed by atoms with Crippen LogP contribution >= 0.6 is 0 Å². The number of hydrogen-bond acceptors (Lipinski definition) is 8. The Morgan fingerprint density at radius 1 is 1.00 bits per heavy atom. The van der Waals surface area contributed by atoms with Gasteiger partial charge in [-0.15, -0.1) is 0 Å². The molecular formula is C20H25NO7. The number of aryl methyl sites for hydroxylation is 1. The van der Waals surface area contributed by atoms with Crippen LogP contribution in [0.4, 0.5) is 5.69 Å². The molecule has 0 aliphatic carbocycles. The van der Waals surface area contributed by atoms with E-state index >= 15 is 0 Å². The van der Waals surface area contributed by atoms with Crippen LogP contribution in [0.3, 0.4) is 0 Å². The largest absolute Gasteiger partial charge is 0.456 e. The van der Waals surface area contributed by atoms with Gasteiger partial charge in [0.05, 0.1) is 6.61 Å². The summed E-state index contributed by atoms with van der Waals surface area (Å²) < 4.78 is 22.2. The van der Waals surface area contributed by atoms with Crippen molar-refractivity contribution in [2.45, 2.75) is 58.7 Å². The molecule has 0 spiro atoms. The van der Waals surface area contributed by atoms with E-state index in [1.54, 1.807) is 0 Å². The van der Waals surface area contributed by atoms with Crippen molar-refractivity contribution in [1.29, 1.82) is 0 Å². The lowest BCUT2D eigenvalue weighted by molar-refractivity contribution is -0.225.